The van der Waals surface area contributed by atoms with Crippen LogP contribution in [0.2, 0.25) is 0 Å². The Morgan fingerprint density at radius 3 is 1.59 bits per heavy atom. The number of benzene rings is 8. The lowest BCUT2D eigenvalue weighted by molar-refractivity contribution is 0.668. The van der Waals surface area contributed by atoms with E-state index in [4.69, 9.17) is 8.83 Å². The maximum atomic E-state index is 6.37. The molecule has 2 aromatic heterocycles. The van der Waals surface area contributed by atoms with E-state index in [2.05, 4.69) is 163 Å². The summed E-state index contributed by atoms with van der Waals surface area (Å²) in [6.45, 7) is 0. The van der Waals surface area contributed by atoms with E-state index in [1.807, 2.05) is 30.3 Å². The van der Waals surface area contributed by atoms with Crippen LogP contribution in [0.1, 0.15) is 0 Å². The van der Waals surface area contributed by atoms with Crippen molar-refractivity contribution in [1.82, 2.24) is 0 Å². The number of furan rings is 2. The first-order valence-electron chi connectivity index (χ1n) is 17.3. The molecule has 0 aliphatic rings. The van der Waals surface area contributed by atoms with Gasteiger partial charge in [0.15, 0.2) is 0 Å². The Hall–Kier alpha value is -6.84. The standard InChI is InChI=1S/C48H31NO2/c1-2-12-32(13-3-1)34-14-8-15-35(30-34)36-16-9-17-38(31-36)49(42-21-11-25-46-48(42)41-19-5-7-23-44(41)51-46)37-28-26-33(27-29-37)39-20-10-24-45-47(39)40-18-4-6-22-43(40)50-45/h1-31H. The average Bonchev–Trinajstić information content (AvgIpc) is 3.78. The Labute approximate surface area is 295 Å². The van der Waals surface area contributed by atoms with E-state index in [-0.39, 0.29) is 0 Å². The van der Waals surface area contributed by atoms with Crippen LogP contribution in [0.4, 0.5) is 17.1 Å². The van der Waals surface area contributed by atoms with Gasteiger partial charge in [-0.1, -0.05) is 127 Å². The van der Waals surface area contributed by atoms with Gasteiger partial charge in [-0.3, -0.25) is 0 Å². The van der Waals surface area contributed by atoms with Gasteiger partial charge in [-0.05, 0) is 94.0 Å². The van der Waals surface area contributed by atoms with Crippen molar-refractivity contribution in [2.45, 2.75) is 0 Å². The Morgan fingerprint density at radius 1 is 0.314 bits per heavy atom. The van der Waals surface area contributed by atoms with E-state index >= 15 is 0 Å². The van der Waals surface area contributed by atoms with Crippen LogP contribution in [0.25, 0.3) is 77.3 Å². The Bertz CT molecular complexity index is 2860. The lowest BCUT2D eigenvalue weighted by Crippen LogP contribution is -2.10. The van der Waals surface area contributed by atoms with Gasteiger partial charge in [0.25, 0.3) is 0 Å². The van der Waals surface area contributed by atoms with Crippen LogP contribution in [0.3, 0.4) is 0 Å². The van der Waals surface area contributed by atoms with Crippen molar-refractivity contribution in [2.24, 2.45) is 0 Å². The van der Waals surface area contributed by atoms with Gasteiger partial charge in [0.2, 0.25) is 0 Å². The molecule has 0 atom stereocenters. The van der Waals surface area contributed by atoms with Crippen molar-refractivity contribution in [2.75, 3.05) is 4.90 Å². The van der Waals surface area contributed by atoms with E-state index in [1.165, 1.54) is 16.7 Å². The summed E-state index contributed by atoms with van der Waals surface area (Å²) in [7, 11) is 0. The minimum atomic E-state index is 0.862. The second kappa shape index (κ2) is 11.9. The summed E-state index contributed by atoms with van der Waals surface area (Å²) in [5.74, 6) is 0. The van der Waals surface area contributed by atoms with E-state index < -0.39 is 0 Å². The monoisotopic (exact) mass is 653 g/mol. The minimum Gasteiger partial charge on any atom is -0.456 e. The maximum absolute atomic E-state index is 6.37. The number of hydrogen-bond donors (Lipinski definition) is 0. The molecular weight excluding hydrogens is 623 g/mol. The molecule has 10 aromatic rings. The second-order valence-electron chi connectivity index (χ2n) is 12.9. The number of anilines is 3. The molecule has 3 nitrogen and oxygen atoms in total. The molecule has 240 valence electrons. The van der Waals surface area contributed by atoms with E-state index in [0.29, 0.717) is 0 Å². The summed E-state index contributed by atoms with van der Waals surface area (Å²) in [5, 5.41) is 4.44. The fourth-order valence-corrected chi connectivity index (χ4v) is 7.51. The smallest absolute Gasteiger partial charge is 0.137 e. The SMILES string of the molecule is c1ccc(-c2cccc(-c3cccc(N(c4ccc(-c5cccc6oc7ccccc7c56)cc4)c4cccc5oc6ccccc6c45)c3)c2)cc1. The molecule has 3 heteroatoms. The first kappa shape index (κ1) is 29.1. The van der Waals surface area contributed by atoms with E-state index in [1.54, 1.807) is 0 Å². The molecule has 0 aliphatic carbocycles. The van der Waals surface area contributed by atoms with Gasteiger partial charge in [0, 0.05) is 27.5 Å². The van der Waals surface area contributed by atoms with Crippen LogP contribution in [0, 0.1) is 0 Å². The molecule has 0 aliphatic heterocycles. The summed E-state index contributed by atoms with van der Waals surface area (Å²) in [4.78, 5) is 2.35. The molecule has 0 saturated heterocycles. The topological polar surface area (TPSA) is 29.5 Å². The van der Waals surface area contributed by atoms with Crippen molar-refractivity contribution < 1.29 is 8.83 Å². The molecular formula is C48H31NO2. The van der Waals surface area contributed by atoms with Gasteiger partial charge < -0.3 is 13.7 Å². The van der Waals surface area contributed by atoms with Crippen LogP contribution in [0.5, 0.6) is 0 Å². The highest BCUT2D eigenvalue weighted by Gasteiger charge is 2.20. The maximum Gasteiger partial charge on any atom is 0.137 e. The summed E-state index contributed by atoms with van der Waals surface area (Å²) in [6, 6.07) is 66.2. The summed E-state index contributed by atoms with van der Waals surface area (Å²) in [6.07, 6.45) is 0. The fraction of sp³-hybridized carbons (Fsp3) is 0. The highest BCUT2D eigenvalue weighted by Crippen LogP contribution is 2.44. The van der Waals surface area contributed by atoms with Gasteiger partial charge >= 0.3 is 0 Å². The third-order valence-electron chi connectivity index (χ3n) is 9.87. The van der Waals surface area contributed by atoms with E-state index in [9.17, 15) is 0 Å². The van der Waals surface area contributed by atoms with Crippen LogP contribution in [-0.4, -0.2) is 0 Å². The quantitative estimate of drug-likeness (QED) is 0.179. The molecule has 0 spiro atoms. The second-order valence-corrected chi connectivity index (χ2v) is 12.9. The van der Waals surface area contributed by atoms with Crippen molar-refractivity contribution in [3.8, 4) is 33.4 Å². The predicted molar refractivity (Wildman–Crippen MR) is 212 cm³/mol. The van der Waals surface area contributed by atoms with Crippen LogP contribution in [0.15, 0.2) is 197 Å². The third kappa shape index (κ3) is 4.98. The average molecular weight is 654 g/mol. The largest absolute Gasteiger partial charge is 0.456 e. The molecule has 51 heavy (non-hydrogen) atoms. The number of rotatable bonds is 6. The van der Waals surface area contributed by atoms with Crippen molar-refractivity contribution in [3.05, 3.63) is 188 Å². The zero-order valence-electron chi connectivity index (χ0n) is 27.7. The molecule has 0 fully saturated rings. The van der Waals surface area contributed by atoms with Crippen molar-refractivity contribution in [1.29, 1.82) is 0 Å². The number of fused-ring (bicyclic) bond motifs is 6. The summed E-state index contributed by atoms with van der Waals surface area (Å²) >= 11 is 0. The lowest BCUT2D eigenvalue weighted by Gasteiger charge is -2.27. The van der Waals surface area contributed by atoms with Crippen LogP contribution in [-0.2, 0) is 0 Å². The molecule has 0 radical (unpaired) electrons. The Morgan fingerprint density at radius 2 is 0.843 bits per heavy atom. The number of nitrogens with zero attached hydrogens (tertiary/aromatic N) is 1. The molecule has 0 amide bonds. The molecule has 10 rings (SSSR count). The Kier molecular flexibility index (Phi) is 6.81. The van der Waals surface area contributed by atoms with Gasteiger partial charge in [0.1, 0.15) is 22.3 Å². The summed E-state index contributed by atoms with van der Waals surface area (Å²) in [5.41, 5.74) is 13.7. The lowest BCUT2D eigenvalue weighted by atomic mass is 9.98. The normalized spacial score (nSPS) is 11.5. The zero-order chi connectivity index (χ0) is 33.7. The van der Waals surface area contributed by atoms with E-state index in [0.717, 1.165) is 77.6 Å². The molecule has 2 heterocycles. The van der Waals surface area contributed by atoms with Crippen LogP contribution < -0.4 is 4.90 Å². The number of hydrogen-bond acceptors (Lipinski definition) is 3. The number of para-hydroxylation sites is 2. The molecule has 8 aromatic carbocycles. The fourth-order valence-electron chi connectivity index (χ4n) is 7.51. The van der Waals surface area contributed by atoms with Gasteiger partial charge in [-0.25, -0.2) is 0 Å². The van der Waals surface area contributed by atoms with Gasteiger partial charge in [0.05, 0.1) is 11.1 Å². The zero-order valence-corrected chi connectivity index (χ0v) is 27.7. The third-order valence-corrected chi connectivity index (χ3v) is 9.87. The highest BCUT2D eigenvalue weighted by molar-refractivity contribution is 6.14. The molecule has 0 unspecified atom stereocenters. The van der Waals surface area contributed by atoms with Crippen molar-refractivity contribution >= 4 is 60.9 Å². The van der Waals surface area contributed by atoms with Gasteiger partial charge in [-0.15, -0.1) is 0 Å². The van der Waals surface area contributed by atoms with Gasteiger partial charge in [-0.2, -0.15) is 0 Å². The first-order valence-corrected chi connectivity index (χ1v) is 17.3. The van der Waals surface area contributed by atoms with Crippen LogP contribution >= 0.6 is 0 Å². The highest BCUT2D eigenvalue weighted by atomic mass is 16.3. The molecule has 0 bridgehead atoms. The first-order chi connectivity index (χ1) is 25.3. The summed E-state index contributed by atoms with van der Waals surface area (Å²) < 4.78 is 12.6. The molecule has 0 saturated carbocycles. The Balaban J connectivity index is 1.14. The predicted octanol–water partition coefficient (Wildman–Crippen LogP) is 14.0. The van der Waals surface area contributed by atoms with Crippen molar-refractivity contribution in [3.63, 3.8) is 0 Å². The molecule has 0 N–H and O–H groups in total. The minimum absolute atomic E-state index is 0.862.